The Labute approximate surface area is 90.9 Å². The highest BCUT2D eigenvalue weighted by molar-refractivity contribution is 5.43. The number of ether oxygens (including phenoxy) is 1. The van der Waals surface area contributed by atoms with Crippen molar-refractivity contribution in [3.05, 3.63) is 28.8 Å². The topological polar surface area (TPSA) is 29.5 Å². The van der Waals surface area contributed by atoms with Gasteiger partial charge in [0, 0.05) is 0 Å². The van der Waals surface area contributed by atoms with Gasteiger partial charge in [-0.15, -0.1) is 5.92 Å². The quantitative estimate of drug-likeness (QED) is 0.765. The van der Waals surface area contributed by atoms with Gasteiger partial charge >= 0.3 is 0 Å². The maximum absolute atomic E-state index is 9.03. The van der Waals surface area contributed by atoms with Crippen molar-refractivity contribution in [3.8, 4) is 17.6 Å². The third-order valence-electron chi connectivity index (χ3n) is 2.17. The van der Waals surface area contributed by atoms with E-state index >= 15 is 0 Å². The molecule has 0 fully saturated rings. The first-order valence-electron chi connectivity index (χ1n) is 4.92. The van der Waals surface area contributed by atoms with Crippen LogP contribution in [0.5, 0.6) is 5.75 Å². The lowest BCUT2D eigenvalue weighted by Gasteiger charge is -2.11. The minimum Gasteiger partial charge on any atom is -0.480 e. The highest BCUT2D eigenvalue weighted by Gasteiger charge is 2.05. The van der Waals surface area contributed by atoms with Crippen LogP contribution in [0.25, 0.3) is 0 Å². The maximum Gasteiger partial charge on any atom is 0.149 e. The fraction of sp³-hybridized carbons (Fsp3) is 0.385. The molecule has 0 bridgehead atoms. The van der Waals surface area contributed by atoms with Gasteiger partial charge in [-0.25, -0.2) is 0 Å². The van der Waals surface area contributed by atoms with Crippen LogP contribution in [0.4, 0.5) is 0 Å². The van der Waals surface area contributed by atoms with Crippen molar-refractivity contribution >= 4 is 0 Å². The SMILES string of the molecule is CC#CCOc1c(C)cc(CO)cc1C. The Balaban J connectivity index is 2.91. The van der Waals surface area contributed by atoms with E-state index in [0.717, 1.165) is 22.4 Å². The predicted octanol–water partition coefficient (Wildman–Crippen LogP) is 2.20. The van der Waals surface area contributed by atoms with Crippen LogP contribution in [0.15, 0.2) is 12.1 Å². The highest BCUT2D eigenvalue weighted by atomic mass is 16.5. The average molecular weight is 204 g/mol. The minimum absolute atomic E-state index is 0.0662. The molecular formula is C13H16O2. The minimum atomic E-state index is 0.0662. The summed E-state index contributed by atoms with van der Waals surface area (Å²) in [4.78, 5) is 0. The molecule has 1 rings (SSSR count). The van der Waals surface area contributed by atoms with Gasteiger partial charge in [0.05, 0.1) is 6.61 Å². The van der Waals surface area contributed by atoms with Gasteiger partial charge in [-0.3, -0.25) is 0 Å². The summed E-state index contributed by atoms with van der Waals surface area (Å²) < 4.78 is 5.55. The molecule has 0 aromatic heterocycles. The van der Waals surface area contributed by atoms with Gasteiger partial charge in [0.25, 0.3) is 0 Å². The second-order valence-corrected chi connectivity index (χ2v) is 3.43. The molecular weight excluding hydrogens is 188 g/mol. The van der Waals surface area contributed by atoms with Crippen molar-refractivity contribution < 1.29 is 9.84 Å². The summed E-state index contributed by atoms with van der Waals surface area (Å²) in [5, 5.41) is 9.03. The first-order valence-corrected chi connectivity index (χ1v) is 4.92. The van der Waals surface area contributed by atoms with Crippen molar-refractivity contribution in [3.63, 3.8) is 0 Å². The van der Waals surface area contributed by atoms with Crippen LogP contribution in [0, 0.1) is 25.7 Å². The van der Waals surface area contributed by atoms with Crippen LogP contribution in [0.3, 0.4) is 0 Å². The number of aryl methyl sites for hydroxylation is 2. The van der Waals surface area contributed by atoms with Gasteiger partial charge in [-0.05, 0) is 37.5 Å². The van der Waals surface area contributed by atoms with Gasteiger partial charge in [0.1, 0.15) is 12.4 Å². The Morgan fingerprint density at radius 2 is 1.87 bits per heavy atom. The van der Waals surface area contributed by atoms with Crippen molar-refractivity contribution in [2.75, 3.05) is 6.61 Å². The van der Waals surface area contributed by atoms with Crippen LogP contribution in [-0.2, 0) is 6.61 Å². The summed E-state index contributed by atoms with van der Waals surface area (Å²) in [6, 6.07) is 3.86. The number of benzene rings is 1. The van der Waals surface area contributed by atoms with E-state index in [0.29, 0.717) is 6.61 Å². The molecule has 0 unspecified atom stereocenters. The molecule has 0 aliphatic carbocycles. The van der Waals surface area contributed by atoms with Crippen molar-refractivity contribution in [1.29, 1.82) is 0 Å². The van der Waals surface area contributed by atoms with Gasteiger partial charge in [-0.2, -0.15) is 0 Å². The molecule has 2 heteroatoms. The van der Waals surface area contributed by atoms with E-state index < -0.39 is 0 Å². The van der Waals surface area contributed by atoms with Crippen LogP contribution >= 0.6 is 0 Å². The zero-order valence-corrected chi connectivity index (χ0v) is 9.42. The van der Waals surface area contributed by atoms with E-state index in [1.807, 2.05) is 26.0 Å². The molecule has 0 amide bonds. The monoisotopic (exact) mass is 204 g/mol. The standard InChI is InChI=1S/C13H16O2/c1-4-5-6-15-13-10(2)7-12(9-14)8-11(13)3/h7-8,14H,6,9H2,1-3H3. The number of hydrogen-bond donors (Lipinski definition) is 1. The molecule has 1 N–H and O–H groups in total. The Kier molecular flexibility index (Phi) is 4.20. The summed E-state index contributed by atoms with van der Waals surface area (Å²) in [7, 11) is 0. The van der Waals surface area contributed by atoms with E-state index in [4.69, 9.17) is 9.84 Å². The van der Waals surface area contributed by atoms with Crippen molar-refractivity contribution in [1.82, 2.24) is 0 Å². The highest BCUT2D eigenvalue weighted by Crippen LogP contribution is 2.24. The molecule has 1 aromatic carbocycles. The smallest absolute Gasteiger partial charge is 0.149 e. The number of hydrogen-bond acceptors (Lipinski definition) is 2. The molecule has 80 valence electrons. The molecule has 15 heavy (non-hydrogen) atoms. The Morgan fingerprint density at radius 3 is 2.33 bits per heavy atom. The van der Waals surface area contributed by atoms with E-state index in [9.17, 15) is 0 Å². The van der Waals surface area contributed by atoms with Crippen LogP contribution in [0.1, 0.15) is 23.6 Å². The molecule has 0 aliphatic rings. The second-order valence-electron chi connectivity index (χ2n) is 3.43. The van der Waals surface area contributed by atoms with Gasteiger partial charge < -0.3 is 9.84 Å². The van der Waals surface area contributed by atoms with Gasteiger partial charge in [0.15, 0.2) is 0 Å². The molecule has 1 aromatic rings. The molecule has 2 nitrogen and oxygen atoms in total. The van der Waals surface area contributed by atoms with Crippen LogP contribution in [-0.4, -0.2) is 11.7 Å². The normalized spacial score (nSPS) is 9.33. The largest absolute Gasteiger partial charge is 0.480 e. The lowest BCUT2D eigenvalue weighted by Crippen LogP contribution is -1.99. The number of rotatable bonds is 3. The molecule has 0 aliphatic heterocycles. The number of aliphatic hydroxyl groups excluding tert-OH is 1. The molecule has 0 saturated carbocycles. The lowest BCUT2D eigenvalue weighted by molar-refractivity contribution is 0.281. The fourth-order valence-corrected chi connectivity index (χ4v) is 1.54. The predicted molar refractivity (Wildman–Crippen MR) is 60.8 cm³/mol. The molecule has 0 atom stereocenters. The van der Waals surface area contributed by atoms with Crippen LogP contribution < -0.4 is 4.74 Å². The van der Waals surface area contributed by atoms with Gasteiger partial charge in [-0.1, -0.05) is 18.1 Å². The third-order valence-corrected chi connectivity index (χ3v) is 2.17. The zero-order chi connectivity index (χ0) is 11.3. The molecule has 0 heterocycles. The van der Waals surface area contributed by atoms with E-state index in [1.165, 1.54) is 0 Å². The molecule has 0 spiro atoms. The molecule has 0 radical (unpaired) electrons. The van der Waals surface area contributed by atoms with E-state index in [2.05, 4.69) is 11.8 Å². The maximum atomic E-state index is 9.03. The van der Waals surface area contributed by atoms with Crippen molar-refractivity contribution in [2.24, 2.45) is 0 Å². The summed E-state index contributed by atoms with van der Waals surface area (Å²) >= 11 is 0. The zero-order valence-electron chi connectivity index (χ0n) is 9.42. The van der Waals surface area contributed by atoms with Gasteiger partial charge in [0.2, 0.25) is 0 Å². The Hall–Kier alpha value is -1.46. The lowest BCUT2D eigenvalue weighted by atomic mass is 10.1. The summed E-state index contributed by atoms with van der Waals surface area (Å²) in [6.45, 7) is 6.22. The van der Waals surface area contributed by atoms with E-state index in [1.54, 1.807) is 6.92 Å². The van der Waals surface area contributed by atoms with Crippen molar-refractivity contribution in [2.45, 2.75) is 27.4 Å². The van der Waals surface area contributed by atoms with Crippen LogP contribution in [0.2, 0.25) is 0 Å². The number of aliphatic hydroxyl groups is 1. The first-order chi connectivity index (χ1) is 7.19. The Bertz CT molecular complexity index is 374. The first kappa shape index (κ1) is 11.6. The summed E-state index contributed by atoms with van der Waals surface area (Å²) in [5.74, 6) is 6.51. The fourth-order valence-electron chi connectivity index (χ4n) is 1.54. The van der Waals surface area contributed by atoms with E-state index in [-0.39, 0.29) is 6.61 Å². The Morgan fingerprint density at radius 1 is 1.27 bits per heavy atom. The third kappa shape index (κ3) is 3.00. The summed E-state index contributed by atoms with van der Waals surface area (Å²) in [5.41, 5.74) is 2.99. The second kappa shape index (κ2) is 5.43. The summed E-state index contributed by atoms with van der Waals surface area (Å²) in [6.07, 6.45) is 0. The molecule has 0 saturated heterocycles. The average Bonchev–Trinajstić information content (AvgIpc) is 2.22.